The van der Waals surface area contributed by atoms with E-state index in [9.17, 15) is 22.3 Å². The maximum atomic E-state index is 13.9. The maximum Gasteiger partial charge on any atom is 0.214 e. The molecule has 2 atom stereocenters. The number of sulfonamides is 1. The van der Waals surface area contributed by atoms with E-state index in [0.29, 0.717) is 19.3 Å². The van der Waals surface area contributed by atoms with Gasteiger partial charge >= 0.3 is 0 Å². The lowest BCUT2D eigenvalue weighted by Crippen LogP contribution is -2.54. The standard InChI is InChI=1S/C17H23F2NO3S/c1-2-7-24(22,23)20-14-5-6-15(20)11-17(21,10-14)9-12-3-4-13(18)8-16(12)19/h3-4,8,14-15,21H,2,5-7,9-11H2,1H3/t14-,15-/m0/s1. The molecule has 1 aromatic carbocycles. The van der Waals surface area contributed by atoms with Crippen LogP contribution in [0, 0.1) is 11.6 Å². The first-order valence-electron chi connectivity index (χ1n) is 8.41. The van der Waals surface area contributed by atoms with Gasteiger partial charge in [0.15, 0.2) is 0 Å². The van der Waals surface area contributed by atoms with Gasteiger partial charge in [-0.15, -0.1) is 0 Å². The van der Waals surface area contributed by atoms with Crippen LogP contribution in [0.1, 0.15) is 44.6 Å². The van der Waals surface area contributed by atoms with E-state index in [-0.39, 0.29) is 29.8 Å². The normalized spacial score (nSPS) is 30.7. The highest BCUT2D eigenvalue weighted by Crippen LogP contribution is 2.44. The Morgan fingerprint density at radius 3 is 2.42 bits per heavy atom. The van der Waals surface area contributed by atoms with Crippen molar-refractivity contribution in [3.05, 3.63) is 35.4 Å². The molecule has 0 aromatic heterocycles. The van der Waals surface area contributed by atoms with Crippen LogP contribution in [0.4, 0.5) is 8.78 Å². The van der Waals surface area contributed by atoms with E-state index in [0.717, 1.165) is 18.9 Å². The number of hydrogen-bond donors (Lipinski definition) is 1. The zero-order valence-electron chi connectivity index (χ0n) is 13.7. The minimum Gasteiger partial charge on any atom is -0.389 e. The van der Waals surface area contributed by atoms with Gasteiger partial charge in [-0.25, -0.2) is 17.2 Å². The van der Waals surface area contributed by atoms with Crippen molar-refractivity contribution in [3.8, 4) is 0 Å². The van der Waals surface area contributed by atoms with E-state index in [1.807, 2.05) is 6.92 Å². The first-order chi connectivity index (χ1) is 11.2. The second-order valence-electron chi connectivity index (χ2n) is 7.08. The number of halogens is 2. The Kier molecular flexibility index (Phi) is 4.70. The summed E-state index contributed by atoms with van der Waals surface area (Å²) in [6.45, 7) is 1.83. The highest BCUT2D eigenvalue weighted by atomic mass is 32.2. The molecule has 2 aliphatic heterocycles. The van der Waals surface area contributed by atoms with E-state index in [2.05, 4.69) is 0 Å². The summed E-state index contributed by atoms with van der Waals surface area (Å²) >= 11 is 0. The Balaban J connectivity index is 1.79. The van der Waals surface area contributed by atoms with Gasteiger partial charge < -0.3 is 5.11 Å². The average Bonchev–Trinajstić information content (AvgIpc) is 2.77. The summed E-state index contributed by atoms with van der Waals surface area (Å²) in [6, 6.07) is 2.89. The summed E-state index contributed by atoms with van der Waals surface area (Å²) in [5.74, 6) is -1.20. The number of aliphatic hydroxyl groups is 1. The van der Waals surface area contributed by atoms with Crippen molar-refractivity contribution in [1.82, 2.24) is 4.31 Å². The minimum absolute atomic E-state index is 0.0772. The van der Waals surface area contributed by atoms with Crippen LogP contribution >= 0.6 is 0 Å². The quantitative estimate of drug-likeness (QED) is 0.879. The Labute approximate surface area is 141 Å². The van der Waals surface area contributed by atoms with E-state index >= 15 is 0 Å². The van der Waals surface area contributed by atoms with Crippen LogP contribution in [0.25, 0.3) is 0 Å². The molecule has 0 spiro atoms. The summed E-state index contributed by atoms with van der Waals surface area (Å²) in [6.07, 6.45) is 2.67. The van der Waals surface area contributed by atoms with Gasteiger partial charge in [0.1, 0.15) is 11.6 Å². The molecule has 3 rings (SSSR count). The molecule has 0 aliphatic carbocycles. The van der Waals surface area contributed by atoms with Gasteiger partial charge in [0.25, 0.3) is 0 Å². The van der Waals surface area contributed by atoms with Crippen LogP contribution in [0.3, 0.4) is 0 Å². The lowest BCUT2D eigenvalue weighted by atomic mass is 9.82. The highest BCUT2D eigenvalue weighted by molar-refractivity contribution is 7.89. The van der Waals surface area contributed by atoms with Crippen LogP contribution in [0.5, 0.6) is 0 Å². The van der Waals surface area contributed by atoms with Crippen LogP contribution in [-0.2, 0) is 16.4 Å². The summed E-state index contributed by atoms with van der Waals surface area (Å²) in [7, 11) is -3.31. The third-order valence-corrected chi connectivity index (χ3v) is 7.26. The summed E-state index contributed by atoms with van der Waals surface area (Å²) < 4.78 is 53.4. The van der Waals surface area contributed by atoms with Crippen molar-refractivity contribution in [1.29, 1.82) is 0 Å². The average molecular weight is 359 g/mol. The molecule has 2 aliphatic rings. The number of nitrogens with zero attached hydrogens (tertiary/aromatic N) is 1. The molecule has 0 unspecified atom stereocenters. The third kappa shape index (κ3) is 3.34. The summed E-state index contributed by atoms with van der Waals surface area (Å²) in [4.78, 5) is 0. The number of benzene rings is 1. The molecule has 7 heteroatoms. The molecule has 1 N–H and O–H groups in total. The molecular formula is C17H23F2NO3S. The first kappa shape index (κ1) is 17.8. The molecule has 2 saturated heterocycles. The predicted molar refractivity (Wildman–Crippen MR) is 87.0 cm³/mol. The molecule has 0 radical (unpaired) electrons. The molecule has 2 bridgehead atoms. The van der Waals surface area contributed by atoms with Crippen molar-refractivity contribution >= 4 is 10.0 Å². The van der Waals surface area contributed by atoms with Crippen LogP contribution < -0.4 is 0 Å². The molecule has 0 amide bonds. The van der Waals surface area contributed by atoms with Crippen molar-refractivity contribution < 1.29 is 22.3 Å². The van der Waals surface area contributed by atoms with Crippen molar-refractivity contribution in [2.24, 2.45) is 0 Å². The van der Waals surface area contributed by atoms with E-state index in [1.54, 1.807) is 4.31 Å². The van der Waals surface area contributed by atoms with E-state index in [4.69, 9.17) is 0 Å². The lowest BCUT2D eigenvalue weighted by Gasteiger charge is -2.43. The van der Waals surface area contributed by atoms with Gasteiger partial charge in [-0.2, -0.15) is 4.31 Å². The summed E-state index contributed by atoms with van der Waals surface area (Å²) in [5.41, 5.74) is -0.883. The van der Waals surface area contributed by atoms with Crippen molar-refractivity contribution in [3.63, 3.8) is 0 Å². The predicted octanol–water partition coefficient (Wildman–Crippen LogP) is 2.61. The molecule has 1 aromatic rings. The van der Waals surface area contributed by atoms with Crippen LogP contribution in [0.2, 0.25) is 0 Å². The Hall–Kier alpha value is -1.05. The smallest absolute Gasteiger partial charge is 0.214 e. The molecular weight excluding hydrogens is 336 g/mol. The number of rotatable bonds is 5. The second kappa shape index (κ2) is 6.35. The maximum absolute atomic E-state index is 13.9. The zero-order chi connectivity index (χ0) is 17.5. The van der Waals surface area contributed by atoms with Crippen LogP contribution in [0.15, 0.2) is 18.2 Å². The Morgan fingerprint density at radius 1 is 1.25 bits per heavy atom. The van der Waals surface area contributed by atoms with Gasteiger partial charge in [0.05, 0.1) is 11.4 Å². The molecule has 134 valence electrons. The monoisotopic (exact) mass is 359 g/mol. The molecule has 4 nitrogen and oxygen atoms in total. The number of fused-ring (bicyclic) bond motifs is 2. The van der Waals surface area contributed by atoms with Gasteiger partial charge in [-0.1, -0.05) is 13.0 Å². The molecule has 24 heavy (non-hydrogen) atoms. The molecule has 2 heterocycles. The Morgan fingerprint density at radius 2 is 1.88 bits per heavy atom. The number of hydrogen-bond acceptors (Lipinski definition) is 3. The number of piperidine rings is 1. The Bertz CT molecular complexity index is 709. The fourth-order valence-corrected chi connectivity index (χ4v) is 6.26. The first-order valence-corrected chi connectivity index (χ1v) is 10.0. The fourth-order valence-electron chi connectivity index (χ4n) is 4.26. The van der Waals surface area contributed by atoms with E-state index in [1.165, 1.54) is 12.1 Å². The van der Waals surface area contributed by atoms with E-state index < -0.39 is 27.3 Å². The topological polar surface area (TPSA) is 57.6 Å². The highest BCUT2D eigenvalue weighted by Gasteiger charge is 2.51. The van der Waals surface area contributed by atoms with Gasteiger partial charge in [-0.3, -0.25) is 0 Å². The second-order valence-corrected chi connectivity index (χ2v) is 9.07. The zero-order valence-corrected chi connectivity index (χ0v) is 14.5. The third-order valence-electron chi connectivity index (χ3n) is 5.10. The van der Waals surface area contributed by atoms with Crippen molar-refractivity contribution in [2.45, 2.75) is 63.1 Å². The molecule has 2 fully saturated rings. The molecule has 0 saturated carbocycles. The minimum atomic E-state index is -3.31. The lowest BCUT2D eigenvalue weighted by molar-refractivity contribution is -0.0289. The summed E-state index contributed by atoms with van der Waals surface area (Å²) in [5, 5.41) is 10.9. The largest absolute Gasteiger partial charge is 0.389 e. The van der Waals surface area contributed by atoms with Gasteiger partial charge in [0.2, 0.25) is 10.0 Å². The van der Waals surface area contributed by atoms with Gasteiger partial charge in [0, 0.05) is 24.6 Å². The SMILES string of the molecule is CCCS(=O)(=O)N1[C@H]2CC[C@H]1CC(O)(Cc1ccc(F)cc1F)C2. The fraction of sp³-hybridized carbons (Fsp3) is 0.647. The van der Waals surface area contributed by atoms with Crippen molar-refractivity contribution in [2.75, 3.05) is 5.75 Å². The van der Waals surface area contributed by atoms with Crippen LogP contribution in [-0.4, -0.2) is 41.3 Å². The van der Waals surface area contributed by atoms with Gasteiger partial charge in [-0.05, 0) is 43.7 Å².